The number of carbonyl (C=O) groups excluding carboxylic acids is 3. The summed E-state index contributed by atoms with van der Waals surface area (Å²) in [6.45, 7) is 6.33. The molecule has 3 fully saturated rings. The topological polar surface area (TPSA) is 129 Å². The van der Waals surface area contributed by atoms with Crippen LogP contribution in [-0.2, 0) is 14.3 Å². The van der Waals surface area contributed by atoms with Crippen molar-refractivity contribution in [1.29, 1.82) is 0 Å². The molecule has 1 atom stereocenters. The van der Waals surface area contributed by atoms with Crippen LogP contribution in [0.15, 0.2) is 12.1 Å². The van der Waals surface area contributed by atoms with Crippen LogP contribution in [0.25, 0.3) is 0 Å². The third-order valence-corrected chi connectivity index (χ3v) is 7.30. The van der Waals surface area contributed by atoms with Crippen LogP contribution < -0.4 is 20.0 Å². The summed E-state index contributed by atoms with van der Waals surface area (Å²) in [4.78, 5) is 43.0. The molecular weight excluding hydrogens is 516 g/mol. The van der Waals surface area contributed by atoms with Crippen molar-refractivity contribution in [3.05, 3.63) is 23.8 Å². The minimum Gasteiger partial charge on any atom is -0.442 e. The van der Waals surface area contributed by atoms with E-state index in [9.17, 15) is 14.4 Å². The van der Waals surface area contributed by atoms with Crippen molar-refractivity contribution in [1.82, 2.24) is 30.4 Å². The lowest BCUT2D eigenvalue weighted by Crippen LogP contribution is -2.48. The molecule has 39 heavy (non-hydrogen) atoms. The average molecular weight is 548 g/mol. The first-order valence-corrected chi connectivity index (χ1v) is 13.0. The Balaban J connectivity index is 1.19. The predicted octanol–water partition coefficient (Wildman–Crippen LogP) is 0.923. The average Bonchev–Trinajstić information content (AvgIpc) is 3.54. The molecule has 0 radical (unpaired) electrons. The van der Waals surface area contributed by atoms with Gasteiger partial charge in [0.1, 0.15) is 11.8 Å². The van der Waals surface area contributed by atoms with Gasteiger partial charge in [0.05, 0.1) is 24.8 Å². The first-order valence-electron chi connectivity index (χ1n) is 13.0. The van der Waals surface area contributed by atoms with E-state index in [0.717, 1.165) is 17.0 Å². The zero-order chi connectivity index (χ0) is 27.7. The lowest BCUT2D eigenvalue weighted by Gasteiger charge is -2.34. The zero-order valence-electron chi connectivity index (χ0n) is 21.8. The Morgan fingerprint density at radius 1 is 1.03 bits per heavy atom. The van der Waals surface area contributed by atoms with Gasteiger partial charge < -0.3 is 24.8 Å². The molecule has 210 valence electrons. The van der Waals surface area contributed by atoms with E-state index < -0.39 is 23.8 Å². The fourth-order valence-corrected chi connectivity index (χ4v) is 5.15. The molecule has 0 saturated carbocycles. The number of nitrogens with one attached hydrogen (secondary N) is 1. The SMILES string of the molecule is CC(=O)NC[C@H]1CN(c2cc(F)c(N3CCC(n4nnc(N5CCN(C(C)=O)CC5)n4)CC3)c(F)c2)C(=O)O1. The number of benzene rings is 1. The molecule has 1 aromatic heterocycles. The summed E-state index contributed by atoms with van der Waals surface area (Å²) in [6.07, 6.45) is -0.198. The molecule has 13 nitrogen and oxygen atoms in total. The normalized spacial score (nSPS) is 20.4. The number of halogens is 2. The second kappa shape index (κ2) is 11.0. The predicted molar refractivity (Wildman–Crippen MR) is 135 cm³/mol. The van der Waals surface area contributed by atoms with E-state index in [4.69, 9.17) is 4.74 Å². The number of carbonyl (C=O) groups is 3. The van der Waals surface area contributed by atoms with Crippen molar-refractivity contribution in [2.75, 3.05) is 67.1 Å². The molecule has 3 aliphatic rings. The maximum atomic E-state index is 15.1. The van der Waals surface area contributed by atoms with Crippen LogP contribution in [-0.4, -0.2) is 101 Å². The van der Waals surface area contributed by atoms with Crippen LogP contribution in [0.1, 0.15) is 32.7 Å². The summed E-state index contributed by atoms with van der Waals surface area (Å²) in [5.74, 6) is -1.25. The fraction of sp³-hybridized carbons (Fsp3) is 0.583. The van der Waals surface area contributed by atoms with E-state index in [1.165, 1.54) is 6.92 Å². The third-order valence-electron chi connectivity index (χ3n) is 7.30. The van der Waals surface area contributed by atoms with Crippen LogP contribution >= 0.6 is 0 Å². The molecule has 15 heteroatoms. The summed E-state index contributed by atoms with van der Waals surface area (Å²) >= 11 is 0. The molecular formula is C24H31F2N9O4. The number of ether oxygens (including phenoxy) is 1. The minimum absolute atomic E-state index is 0.0476. The van der Waals surface area contributed by atoms with Gasteiger partial charge >= 0.3 is 6.09 Å². The second-order valence-electron chi connectivity index (χ2n) is 9.93. The molecule has 0 bridgehead atoms. The molecule has 3 aliphatic heterocycles. The molecule has 0 aliphatic carbocycles. The van der Waals surface area contributed by atoms with Gasteiger partial charge in [-0.1, -0.05) is 5.10 Å². The number of cyclic esters (lactones) is 1. The highest BCUT2D eigenvalue weighted by molar-refractivity contribution is 5.90. The Bertz CT molecular complexity index is 1220. The largest absolute Gasteiger partial charge is 0.442 e. The Kier molecular flexibility index (Phi) is 7.48. The van der Waals surface area contributed by atoms with Gasteiger partial charge in [-0.2, -0.15) is 4.80 Å². The smallest absolute Gasteiger partial charge is 0.414 e. The van der Waals surface area contributed by atoms with Crippen LogP contribution in [0.4, 0.5) is 30.9 Å². The monoisotopic (exact) mass is 547 g/mol. The Labute approximate surface area is 223 Å². The first-order chi connectivity index (χ1) is 18.7. The number of nitrogens with zero attached hydrogens (tertiary/aromatic N) is 8. The van der Waals surface area contributed by atoms with Gasteiger partial charge in [-0.25, -0.2) is 13.6 Å². The number of amides is 3. The van der Waals surface area contributed by atoms with Gasteiger partial charge in [-0.05, 0) is 18.1 Å². The maximum absolute atomic E-state index is 15.1. The molecule has 4 heterocycles. The number of aromatic nitrogens is 4. The van der Waals surface area contributed by atoms with Crippen LogP contribution in [0.2, 0.25) is 0 Å². The summed E-state index contributed by atoms with van der Waals surface area (Å²) in [5.41, 5.74) is -0.0856. The van der Waals surface area contributed by atoms with Crippen LogP contribution in [0.5, 0.6) is 0 Å². The highest BCUT2D eigenvalue weighted by Gasteiger charge is 2.34. The van der Waals surface area contributed by atoms with Crippen LogP contribution in [0.3, 0.4) is 0 Å². The standard InChI is InChI=1S/C24H31F2N9O4/c1-15(36)27-13-19-14-34(24(38)39-19)18-11-20(25)22(21(26)12-18)32-5-3-17(4-6-32)35-29-23(28-30-35)33-9-7-31(8-10-33)16(2)37/h11-12,17,19H,3-10,13-14H2,1-2H3,(H,27,36)/t19-/m0/s1. The van der Waals surface area contributed by atoms with Gasteiger partial charge in [0.25, 0.3) is 5.95 Å². The van der Waals surface area contributed by atoms with Crippen molar-refractivity contribution >= 4 is 35.2 Å². The lowest BCUT2D eigenvalue weighted by atomic mass is 10.0. The van der Waals surface area contributed by atoms with Gasteiger partial charge in [-0.3, -0.25) is 14.5 Å². The summed E-state index contributed by atoms with van der Waals surface area (Å²) in [5, 5.41) is 15.5. The number of hydrogen-bond donors (Lipinski definition) is 1. The fourth-order valence-electron chi connectivity index (χ4n) is 5.15. The molecule has 0 spiro atoms. The number of tetrazole rings is 1. The van der Waals surface area contributed by atoms with E-state index in [-0.39, 0.29) is 42.3 Å². The molecule has 2 aromatic rings. The summed E-state index contributed by atoms with van der Waals surface area (Å²) in [6, 6.07) is 2.19. The van der Waals surface area contributed by atoms with E-state index in [0.29, 0.717) is 58.1 Å². The Morgan fingerprint density at radius 2 is 1.69 bits per heavy atom. The molecule has 3 saturated heterocycles. The minimum atomic E-state index is -0.771. The van der Waals surface area contributed by atoms with Crippen molar-refractivity contribution < 1.29 is 27.9 Å². The van der Waals surface area contributed by atoms with Gasteiger partial charge in [-0.15, -0.1) is 5.10 Å². The Morgan fingerprint density at radius 3 is 2.31 bits per heavy atom. The number of hydrogen-bond acceptors (Lipinski definition) is 9. The quantitative estimate of drug-likeness (QED) is 0.561. The maximum Gasteiger partial charge on any atom is 0.414 e. The first kappa shape index (κ1) is 26.6. The number of piperazine rings is 1. The van der Waals surface area contributed by atoms with Crippen molar-refractivity contribution in [3.63, 3.8) is 0 Å². The molecule has 0 unspecified atom stereocenters. The van der Waals surface area contributed by atoms with Crippen molar-refractivity contribution in [3.8, 4) is 0 Å². The number of anilines is 3. The lowest BCUT2D eigenvalue weighted by molar-refractivity contribution is -0.129. The van der Waals surface area contributed by atoms with E-state index in [2.05, 4.69) is 20.7 Å². The molecule has 1 aromatic carbocycles. The van der Waals surface area contributed by atoms with E-state index in [1.807, 2.05) is 4.90 Å². The number of rotatable bonds is 6. The summed E-state index contributed by atoms with van der Waals surface area (Å²) in [7, 11) is 0. The Hall–Kier alpha value is -4.04. The van der Waals surface area contributed by atoms with E-state index in [1.54, 1.807) is 21.5 Å². The highest BCUT2D eigenvalue weighted by Crippen LogP contribution is 2.34. The highest BCUT2D eigenvalue weighted by atomic mass is 19.1. The third kappa shape index (κ3) is 5.71. The van der Waals surface area contributed by atoms with Gasteiger partial charge in [0.2, 0.25) is 11.8 Å². The van der Waals surface area contributed by atoms with Crippen molar-refractivity contribution in [2.24, 2.45) is 0 Å². The van der Waals surface area contributed by atoms with Gasteiger partial charge in [0, 0.05) is 65.2 Å². The molecule has 1 N–H and O–H groups in total. The van der Waals surface area contributed by atoms with Crippen molar-refractivity contribution in [2.45, 2.75) is 38.8 Å². The van der Waals surface area contributed by atoms with E-state index >= 15 is 8.78 Å². The molecule has 5 rings (SSSR count). The number of piperidine rings is 1. The van der Waals surface area contributed by atoms with Crippen LogP contribution in [0, 0.1) is 11.6 Å². The zero-order valence-corrected chi connectivity index (χ0v) is 21.8. The second-order valence-corrected chi connectivity index (χ2v) is 9.93. The summed E-state index contributed by atoms with van der Waals surface area (Å²) < 4.78 is 35.5. The molecule has 3 amide bonds. The van der Waals surface area contributed by atoms with Gasteiger partial charge in [0.15, 0.2) is 11.6 Å².